The highest BCUT2D eigenvalue weighted by Crippen LogP contribution is 2.57. The van der Waals surface area contributed by atoms with Crippen LogP contribution in [0.2, 0.25) is 0 Å². The van der Waals surface area contributed by atoms with E-state index in [-0.39, 0.29) is 10.8 Å². The summed E-state index contributed by atoms with van der Waals surface area (Å²) in [5.74, 6) is 0. The van der Waals surface area contributed by atoms with Crippen LogP contribution in [0, 0.1) is 0 Å². The number of benzene rings is 6. The van der Waals surface area contributed by atoms with Crippen LogP contribution in [0.4, 0.5) is 0 Å². The average molecular weight is 1030 g/mol. The minimum absolute atomic E-state index is 0.0699. The molecule has 2 aliphatic rings. The van der Waals surface area contributed by atoms with Gasteiger partial charge < -0.3 is 0 Å². The summed E-state index contributed by atoms with van der Waals surface area (Å²) < 4.78 is 0. The Morgan fingerprint density at radius 3 is 0.949 bits per heavy atom. The molecule has 0 spiro atoms. The van der Waals surface area contributed by atoms with E-state index in [4.69, 9.17) is 9.97 Å². The van der Waals surface area contributed by atoms with E-state index in [1.807, 2.05) is 0 Å². The van der Waals surface area contributed by atoms with E-state index < -0.39 is 0 Å². The van der Waals surface area contributed by atoms with Crippen molar-refractivity contribution in [1.82, 2.24) is 9.97 Å². The molecule has 0 radical (unpaired) electrons. The lowest BCUT2D eigenvalue weighted by Crippen LogP contribution is -2.25. The molecule has 0 N–H and O–H groups in total. The molecule has 2 nitrogen and oxygen atoms in total. The second-order valence-corrected chi connectivity index (χ2v) is 24.1. The van der Waals surface area contributed by atoms with Gasteiger partial charge in [-0.3, -0.25) is 0 Å². The van der Waals surface area contributed by atoms with Crippen LogP contribution in [-0.2, 0) is 10.8 Å². The van der Waals surface area contributed by atoms with Gasteiger partial charge in [-0.25, -0.2) is 9.97 Å². The van der Waals surface area contributed by atoms with E-state index in [1.54, 1.807) is 22.3 Å². The smallest absolute Gasteiger partial charge is 0.0894 e. The lowest BCUT2D eigenvalue weighted by Gasteiger charge is -2.33. The molecule has 0 saturated heterocycles. The molecule has 0 bridgehead atoms. The van der Waals surface area contributed by atoms with Crippen LogP contribution >= 0.6 is 0 Å². The second-order valence-electron chi connectivity index (χ2n) is 24.1. The summed E-state index contributed by atoms with van der Waals surface area (Å²) in [6, 6.07) is 56.3. The van der Waals surface area contributed by atoms with E-state index in [9.17, 15) is 0 Å². The topological polar surface area (TPSA) is 25.8 Å². The van der Waals surface area contributed by atoms with Crippen molar-refractivity contribution in [1.29, 1.82) is 0 Å². The van der Waals surface area contributed by atoms with E-state index in [0.29, 0.717) is 0 Å². The van der Waals surface area contributed by atoms with Crippen LogP contribution in [-0.4, -0.2) is 9.97 Å². The number of hydrogen-bond acceptors (Lipinski definition) is 2. The van der Waals surface area contributed by atoms with Crippen molar-refractivity contribution in [2.45, 2.75) is 218 Å². The highest BCUT2D eigenvalue weighted by atomic mass is 14.8. The van der Waals surface area contributed by atoms with Crippen molar-refractivity contribution in [2.24, 2.45) is 0 Å². The second kappa shape index (κ2) is 26.9. The Kier molecular flexibility index (Phi) is 19.1. The standard InChI is InChI=1S/C76H92N2/c1-5-9-13-17-21-29-49-75(50-30-22-18-14-10-6-2)67-35-27-25-33-63(67)65-43-37-59(55-69(65)75)57-39-45-71-61(53-57)41-47-73(77-71)74-48-42-62-54-58(40-46-72(62)78-74)60-38-44-66-64-34-26-28-36-68(64)76(70(66)56-60,51-31-23-19-15-11-7-3)52-32-24-20-16-12-8-4/h25-28,33-48,53-56H,5-24,29-32,49-52H2,1-4H3. The monoisotopic (exact) mass is 1030 g/mol. The number of unbranched alkanes of at least 4 members (excludes halogenated alkanes) is 20. The number of hydrogen-bond donors (Lipinski definition) is 0. The summed E-state index contributed by atoms with van der Waals surface area (Å²) in [7, 11) is 0. The molecule has 0 atom stereocenters. The molecule has 8 aromatic rings. The Morgan fingerprint density at radius 1 is 0.269 bits per heavy atom. The van der Waals surface area contributed by atoms with Gasteiger partial charge in [-0.1, -0.05) is 279 Å². The number of aromatic nitrogens is 2. The zero-order chi connectivity index (χ0) is 53.6. The summed E-state index contributed by atoms with van der Waals surface area (Å²) in [6.45, 7) is 9.29. The molecule has 2 heterocycles. The molecule has 2 aliphatic carbocycles. The fraction of sp³-hybridized carbons (Fsp3) is 0.447. The zero-order valence-electron chi connectivity index (χ0n) is 48.5. The van der Waals surface area contributed by atoms with Crippen LogP contribution in [0.25, 0.3) is 77.7 Å². The van der Waals surface area contributed by atoms with Gasteiger partial charge in [0.2, 0.25) is 0 Å². The highest BCUT2D eigenvalue weighted by molar-refractivity contribution is 5.91. The third-order valence-electron chi connectivity index (χ3n) is 18.7. The normalized spacial score (nSPS) is 13.7. The van der Waals surface area contributed by atoms with Crippen molar-refractivity contribution in [3.8, 4) is 55.9 Å². The van der Waals surface area contributed by atoms with E-state index in [0.717, 1.165) is 33.2 Å². The Morgan fingerprint density at radius 2 is 0.577 bits per heavy atom. The highest BCUT2D eigenvalue weighted by Gasteiger charge is 2.43. The Bertz CT molecular complexity index is 2980. The molecular formula is C76H92N2. The lowest BCUT2D eigenvalue weighted by molar-refractivity contribution is 0.398. The molecular weight excluding hydrogens is 941 g/mol. The molecule has 0 unspecified atom stereocenters. The average Bonchev–Trinajstić information content (AvgIpc) is 4.14. The van der Waals surface area contributed by atoms with Gasteiger partial charge in [0.1, 0.15) is 0 Å². The van der Waals surface area contributed by atoms with Gasteiger partial charge in [0.15, 0.2) is 0 Å². The quantitative estimate of drug-likeness (QED) is 0.0405. The summed E-state index contributed by atoms with van der Waals surface area (Å²) >= 11 is 0. The van der Waals surface area contributed by atoms with Gasteiger partial charge in [0, 0.05) is 21.6 Å². The third-order valence-corrected chi connectivity index (χ3v) is 18.7. The molecule has 0 fully saturated rings. The number of rotatable bonds is 31. The Balaban J connectivity index is 0.894. The fourth-order valence-electron chi connectivity index (χ4n) is 14.3. The maximum Gasteiger partial charge on any atom is 0.0894 e. The lowest BCUT2D eigenvalue weighted by atomic mass is 9.70. The van der Waals surface area contributed by atoms with Gasteiger partial charge in [-0.2, -0.15) is 0 Å². The van der Waals surface area contributed by atoms with Crippen LogP contribution in [0.3, 0.4) is 0 Å². The minimum atomic E-state index is 0.0699. The first kappa shape index (κ1) is 55.5. The van der Waals surface area contributed by atoms with E-state index in [2.05, 4.69) is 173 Å². The van der Waals surface area contributed by atoms with Crippen molar-refractivity contribution in [2.75, 3.05) is 0 Å². The van der Waals surface area contributed by atoms with Crippen molar-refractivity contribution in [3.63, 3.8) is 0 Å². The third kappa shape index (κ3) is 12.1. The number of pyridine rings is 2. The van der Waals surface area contributed by atoms with Crippen molar-refractivity contribution in [3.05, 3.63) is 168 Å². The molecule has 0 aliphatic heterocycles. The SMILES string of the molecule is CCCCCCCCC1(CCCCCCCC)c2ccccc2-c2ccc(-c3ccc4nc(-c5ccc6cc(-c7ccc8c(c7)C(CCCCCCCC)(CCCCCCCC)c7ccccc7-8)ccc6n5)ccc4c3)cc21. The van der Waals surface area contributed by atoms with Gasteiger partial charge in [0.25, 0.3) is 0 Å². The fourth-order valence-corrected chi connectivity index (χ4v) is 14.3. The molecule has 2 aromatic heterocycles. The molecule has 2 heteroatoms. The van der Waals surface area contributed by atoms with Crippen LogP contribution in [0.1, 0.15) is 230 Å². The molecule has 406 valence electrons. The Hall–Kier alpha value is -5.86. The molecule has 0 amide bonds. The number of fused-ring (bicyclic) bond motifs is 8. The molecule has 10 rings (SSSR count). The first-order chi connectivity index (χ1) is 38.5. The summed E-state index contributed by atoms with van der Waals surface area (Å²) in [4.78, 5) is 10.5. The van der Waals surface area contributed by atoms with Gasteiger partial charge in [-0.05, 0) is 141 Å². The van der Waals surface area contributed by atoms with Crippen LogP contribution in [0.5, 0.6) is 0 Å². The van der Waals surface area contributed by atoms with Crippen LogP contribution < -0.4 is 0 Å². The molecule has 6 aromatic carbocycles. The zero-order valence-corrected chi connectivity index (χ0v) is 48.5. The molecule has 0 saturated carbocycles. The van der Waals surface area contributed by atoms with E-state index in [1.165, 1.54) is 224 Å². The van der Waals surface area contributed by atoms with Gasteiger partial charge >= 0.3 is 0 Å². The summed E-state index contributed by atoms with van der Waals surface area (Å²) in [5, 5.41) is 2.33. The summed E-state index contributed by atoms with van der Waals surface area (Å²) in [5.41, 5.74) is 21.2. The van der Waals surface area contributed by atoms with E-state index >= 15 is 0 Å². The summed E-state index contributed by atoms with van der Waals surface area (Å²) in [6.07, 6.45) is 36.9. The predicted octanol–water partition coefficient (Wildman–Crippen LogP) is 23.3. The van der Waals surface area contributed by atoms with Crippen molar-refractivity contribution >= 4 is 21.8 Å². The first-order valence-electron chi connectivity index (χ1n) is 31.8. The Labute approximate surface area is 471 Å². The maximum atomic E-state index is 5.26. The van der Waals surface area contributed by atoms with Crippen LogP contribution in [0.15, 0.2) is 146 Å². The number of nitrogens with zero attached hydrogens (tertiary/aromatic N) is 2. The van der Waals surface area contributed by atoms with Gasteiger partial charge in [-0.15, -0.1) is 0 Å². The maximum absolute atomic E-state index is 5.26. The largest absolute Gasteiger partial charge is 0.246 e. The molecule has 78 heavy (non-hydrogen) atoms. The minimum Gasteiger partial charge on any atom is -0.246 e. The first-order valence-corrected chi connectivity index (χ1v) is 31.8. The predicted molar refractivity (Wildman–Crippen MR) is 338 cm³/mol. The van der Waals surface area contributed by atoms with Crippen molar-refractivity contribution < 1.29 is 0 Å². The van der Waals surface area contributed by atoms with Gasteiger partial charge in [0.05, 0.1) is 22.4 Å².